The van der Waals surface area contributed by atoms with Crippen molar-refractivity contribution < 1.29 is 0 Å². The van der Waals surface area contributed by atoms with Crippen LogP contribution in [0.3, 0.4) is 0 Å². The summed E-state index contributed by atoms with van der Waals surface area (Å²) in [5.41, 5.74) is 7.82. The minimum atomic E-state index is 0.523. The molecule has 150 valence electrons. The summed E-state index contributed by atoms with van der Waals surface area (Å²) in [5.74, 6) is 1.10. The van der Waals surface area contributed by atoms with E-state index >= 15 is 0 Å². The van der Waals surface area contributed by atoms with Gasteiger partial charge in [-0.25, -0.2) is 0 Å². The lowest BCUT2D eigenvalue weighted by atomic mass is 9.96. The van der Waals surface area contributed by atoms with Crippen molar-refractivity contribution in [2.45, 2.75) is 46.0 Å². The molecule has 0 saturated heterocycles. The summed E-state index contributed by atoms with van der Waals surface area (Å²) in [6.45, 7) is 9.12. The Morgan fingerprint density at radius 1 is 0.759 bits per heavy atom. The summed E-state index contributed by atoms with van der Waals surface area (Å²) in [6.07, 6.45) is 1.16. The Morgan fingerprint density at radius 2 is 1.31 bits per heavy atom. The third-order valence-electron chi connectivity index (χ3n) is 6.29. The van der Waals surface area contributed by atoms with Crippen LogP contribution in [0, 0.1) is 0 Å². The minimum Gasteiger partial charge on any atom is -0.378 e. The van der Waals surface area contributed by atoms with Gasteiger partial charge < -0.3 is 9.47 Å². The highest BCUT2D eigenvalue weighted by Gasteiger charge is 2.15. The van der Waals surface area contributed by atoms with Crippen LogP contribution in [0.15, 0.2) is 60.7 Å². The van der Waals surface area contributed by atoms with Crippen LogP contribution in [0.1, 0.15) is 57.1 Å². The van der Waals surface area contributed by atoms with Gasteiger partial charge in [-0.1, -0.05) is 39.8 Å². The number of hydrogen-bond donors (Lipinski definition) is 0. The molecule has 0 aliphatic heterocycles. The van der Waals surface area contributed by atoms with Gasteiger partial charge in [0.15, 0.2) is 0 Å². The molecular formula is C27H32N2. The zero-order chi connectivity index (χ0) is 20.7. The van der Waals surface area contributed by atoms with Gasteiger partial charge in [-0.05, 0) is 77.9 Å². The Kier molecular flexibility index (Phi) is 5.12. The van der Waals surface area contributed by atoms with Crippen molar-refractivity contribution in [1.29, 1.82) is 0 Å². The summed E-state index contributed by atoms with van der Waals surface area (Å²) in [6, 6.07) is 22.9. The van der Waals surface area contributed by atoms with E-state index in [2.05, 4.69) is 112 Å². The lowest BCUT2D eigenvalue weighted by Gasteiger charge is -2.14. The predicted octanol–water partition coefficient (Wildman–Crippen LogP) is 7.49. The number of fused-ring (bicyclic) bond motifs is 3. The maximum Gasteiger partial charge on any atom is 0.0541 e. The van der Waals surface area contributed by atoms with Gasteiger partial charge in [-0.2, -0.15) is 0 Å². The summed E-state index contributed by atoms with van der Waals surface area (Å²) < 4.78 is 2.41. The van der Waals surface area contributed by atoms with Crippen molar-refractivity contribution in [3.63, 3.8) is 0 Å². The molecule has 0 amide bonds. The first-order chi connectivity index (χ1) is 13.9. The van der Waals surface area contributed by atoms with Gasteiger partial charge >= 0.3 is 0 Å². The second-order valence-electron chi connectivity index (χ2n) is 8.76. The van der Waals surface area contributed by atoms with Gasteiger partial charge in [0, 0.05) is 36.2 Å². The maximum atomic E-state index is 2.42. The highest BCUT2D eigenvalue weighted by molar-refractivity contribution is 6.09. The van der Waals surface area contributed by atoms with Crippen LogP contribution in [0.25, 0.3) is 27.5 Å². The molecule has 0 aliphatic rings. The monoisotopic (exact) mass is 384 g/mol. The topological polar surface area (TPSA) is 8.17 Å². The van der Waals surface area contributed by atoms with E-state index in [-0.39, 0.29) is 0 Å². The van der Waals surface area contributed by atoms with Crippen molar-refractivity contribution in [3.8, 4) is 5.69 Å². The smallest absolute Gasteiger partial charge is 0.0541 e. The van der Waals surface area contributed by atoms with Gasteiger partial charge in [-0.3, -0.25) is 0 Å². The molecule has 4 aromatic rings. The summed E-state index contributed by atoms with van der Waals surface area (Å²) in [4.78, 5) is 2.14. The summed E-state index contributed by atoms with van der Waals surface area (Å²) >= 11 is 0. The van der Waals surface area contributed by atoms with Crippen LogP contribution in [-0.2, 0) is 0 Å². The Balaban J connectivity index is 2.01. The molecule has 0 saturated carbocycles. The Hall–Kier alpha value is -2.74. The fourth-order valence-corrected chi connectivity index (χ4v) is 4.14. The lowest BCUT2D eigenvalue weighted by molar-refractivity contribution is 0.735. The maximum absolute atomic E-state index is 2.42. The number of anilines is 1. The van der Waals surface area contributed by atoms with Crippen molar-refractivity contribution in [1.82, 2.24) is 4.57 Å². The van der Waals surface area contributed by atoms with Crippen molar-refractivity contribution in [2.24, 2.45) is 0 Å². The van der Waals surface area contributed by atoms with E-state index in [1.807, 2.05) is 0 Å². The van der Waals surface area contributed by atoms with E-state index in [1.165, 1.54) is 44.3 Å². The van der Waals surface area contributed by atoms with Gasteiger partial charge in [-0.15, -0.1) is 0 Å². The summed E-state index contributed by atoms with van der Waals surface area (Å²) in [5, 5.41) is 2.71. The van der Waals surface area contributed by atoms with E-state index in [1.54, 1.807) is 0 Å². The lowest BCUT2D eigenvalue weighted by Crippen LogP contribution is -2.08. The fraction of sp³-hybridized carbons (Fsp3) is 0.333. The number of benzene rings is 3. The number of rotatable bonds is 5. The zero-order valence-electron chi connectivity index (χ0n) is 18.5. The van der Waals surface area contributed by atoms with Crippen molar-refractivity contribution >= 4 is 27.5 Å². The molecule has 2 nitrogen and oxygen atoms in total. The van der Waals surface area contributed by atoms with Crippen LogP contribution in [0.2, 0.25) is 0 Å². The molecule has 0 N–H and O–H groups in total. The molecule has 1 unspecified atom stereocenters. The first kappa shape index (κ1) is 19.6. The minimum absolute atomic E-state index is 0.523. The van der Waals surface area contributed by atoms with E-state index in [0.29, 0.717) is 11.8 Å². The number of nitrogens with zero attached hydrogens (tertiary/aromatic N) is 2. The average Bonchev–Trinajstić information content (AvgIpc) is 3.06. The highest BCUT2D eigenvalue weighted by atomic mass is 15.1. The van der Waals surface area contributed by atoms with E-state index in [9.17, 15) is 0 Å². The molecule has 4 rings (SSSR count). The molecule has 0 spiro atoms. The Morgan fingerprint density at radius 3 is 1.83 bits per heavy atom. The Bertz CT molecular complexity index is 1150. The fourth-order valence-electron chi connectivity index (χ4n) is 4.14. The molecule has 1 heterocycles. The first-order valence-electron chi connectivity index (χ1n) is 10.8. The molecule has 2 heteroatoms. The van der Waals surface area contributed by atoms with E-state index in [4.69, 9.17) is 0 Å². The van der Waals surface area contributed by atoms with Crippen LogP contribution in [-0.4, -0.2) is 18.7 Å². The zero-order valence-corrected chi connectivity index (χ0v) is 18.5. The number of aromatic nitrogens is 1. The molecule has 0 bridgehead atoms. The molecule has 29 heavy (non-hydrogen) atoms. The van der Waals surface area contributed by atoms with Crippen molar-refractivity contribution in [2.75, 3.05) is 19.0 Å². The van der Waals surface area contributed by atoms with Gasteiger partial charge in [0.25, 0.3) is 0 Å². The van der Waals surface area contributed by atoms with Crippen LogP contribution in [0.5, 0.6) is 0 Å². The molecule has 1 atom stereocenters. The average molecular weight is 385 g/mol. The first-order valence-corrected chi connectivity index (χ1v) is 10.8. The van der Waals surface area contributed by atoms with Gasteiger partial charge in [0.2, 0.25) is 0 Å². The molecule has 3 aromatic carbocycles. The van der Waals surface area contributed by atoms with Gasteiger partial charge in [0.05, 0.1) is 11.0 Å². The normalized spacial score (nSPS) is 12.8. The van der Waals surface area contributed by atoms with Crippen LogP contribution >= 0.6 is 0 Å². The number of hydrogen-bond acceptors (Lipinski definition) is 1. The molecule has 0 fully saturated rings. The molecule has 1 aromatic heterocycles. The van der Waals surface area contributed by atoms with Gasteiger partial charge in [0.1, 0.15) is 0 Å². The predicted molar refractivity (Wildman–Crippen MR) is 128 cm³/mol. The second kappa shape index (κ2) is 7.59. The molecule has 0 aliphatic carbocycles. The molecular weight excluding hydrogens is 352 g/mol. The molecule has 0 radical (unpaired) electrons. The third-order valence-corrected chi connectivity index (χ3v) is 6.29. The SMILES string of the molecule is CCC(C)c1ccc2c(c1)c1cc(C(C)C)ccc1n2-c1ccc(N(C)C)cc1. The van der Waals surface area contributed by atoms with Crippen LogP contribution < -0.4 is 4.90 Å². The quantitative estimate of drug-likeness (QED) is 0.346. The van der Waals surface area contributed by atoms with E-state index < -0.39 is 0 Å². The van der Waals surface area contributed by atoms with Crippen molar-refractivity contribution in [3.05, 3.63) is 71.8 Å². The summed E-state index contributed by atoms with van der Waals surface area (Å²) in [7, 11) is 4.17. The second-order valence-corrected chi connectivity index (χ2v) is 8.76. The Labute approximate surface area is 174 Å². The van der Waals surface area contributed by atoms with Crippen LogP contribution in [0.4, 0.5) is 5.69 Å². The largest absolute Gasteiger partial charge is 0.378 e. The standard InChI is InChI=1S/C27H32N2/c1-7-19(4)21-9-15-27-25(17-21)24-16-20(18(2)3)8-14-26(24)29(27)23-12-10-22(11-13-23)28(5)6/h8-19H,7H2,1-6H3. The van der Waals surface area contributed by atoms with E-state index in [0.717, 1.165) is 6.42 Å². The highest BCUT2D eigenvalue weighted by Crippen LogP contribution is 2.36. The third kappa shape index (κ3) is 3.42.